The molecule has 0 N–H and O–H groups in total. The van der Waals surface area contributed by atoms with Crippen LogP contribution in [-0.4, -0.2) is 45.4 Å². The maximum atomic E-state index is 9.03. The first-order chi connectivity index (χ1) is 10.3. The monoisotopic (exact) mass is 317 g/mol. The fourth-order valence-corrected chi connectivity index (χ4v) is 2.25. The average Bonchev–Trinajstić information content (AvgIpc) is 2.44. The molecule has 134 valence electrons. The third-order valence-electron chi connectivity index (χ3n) is 3.60. The number of hydrogen-bond donors (Lipinski definition) is 0. The highest BCUT2D eigenvalue weighted by atomic mass is 16.6. The Morgan fingerprint density at radius 1 is 0.818 bits per heavy atom. The first kappa shape index (κ1) is 23.5. The number of rotatable bonds is 12. The molecule has 0 aromatic carbocycles. The van der Waals surface area contributed by atoms with Gasteiger partial charge in [0, 0.05) is 7.11 Å². The van der Waals surface area contributed by atoms with Crippen LogP contribution in [-0.2, 0) is 4.74 Å². The van der Waals surface area contributed by atoms with Gasteiger partial charge >= 0.3 is 0 Å². The minimum absolute atomic E-state index is 1.04. The van der Waals surface area contributed by atoms with Gasteiger partial charge in [0.15, 0.2) is 0 Å². The fourth-order valence-electron chi connectivity index (χ4n) is 2.25. The van der Waals surface area contributed by atoms with Crippen molar-refractivity contribution in [3.63, 3.8) is 0 Å². The van der Waals surface area contributed by atoms with Gasteiger partial charge in [-0.15, -0.1) is 0 Å². The first-order valence-electron chi connectivity index (χ1n) is 8.89. The van der Waals surface area contributed by atoms with Gasteiger partial charge in [0.1, 0.15) is 0 Å². The van der Waals surface area contributed by atoms with E-state index in [9.17, 15) is 0 Å². The number of carbonyl (C=O) groups is 1. The normalized spacial score (nSPS) is 10.8. The summed E-state index contributed by atoms with van der Waals surface area (Å²) in [7, 11) is 7.90. The van der Waals surface area contributed by atoms with Gasteiger partial charge in [-0.25, -0.2) is 0 Å². The van der Waals surface area contributed by atoms with Crippen molar-refractivity contribution in [3.05, 3.63) is 0 Å². The maximum Gasteiger partial charge on any atom is 0.251 e. The summed E-state index contributed by atoms with van der Waals surface area (Å²) in [6.07, 6.45) is 14.4. The number of methoxy groups -OCH3 is 1. The zero-order valence-corrected chi connectivity index (χ0v) is 15.7. The van der Waals surface area contributed by atoms with E-state index in [4.69, 9.17) is 9.90 Å². The van der Waals surface area contributed by atoms with Crippen molar-refractivity contribution in [1.82, 2.24) is 0 Å². The molecule has 0 spiro atoms. The predicted molar refractivity (Wildman–Crippen MR) is 91.8 cm³/mol. The molecule has 4 nitrogen and oxygen atoms in total. The summed E-state index contributed by atoms with van der Waals surface area (Å²) in [6.45, 7) is 3.62. The van der Waals surface area contributed by atoms with E-state index in [-0.39, 0.29) is 0 Å². The molecule has 0 radical (unpaired) electrons. The molecule has 0 atom stereocenters. The summed E-state index contributed by atoms with van der Waals surface area (Å²) in [5.41, 5.74) is 0. The van der Waals surface area contributed by atoms with Gasteiger partial charge in [-0.3, -0.25) is 0 Å². The molecular weight excluding hydrogens is 278 g/mol. The van der Waals surface area contributed by atoms with Gasteiger partial charge in [0.2, 0.25) is 0 Å². The van der Waals surface area contributed by atoms with E-state index in [0.717, 1.165) is 11.6 Å². The molecule has 22 heavy (non-hydrogen) atoms. The van der Waals surface area contributed by atoms with Crippen LogP contribution in [0.5, 0.6) is 0 Å². The van der Waals surface area contributed by atoms with Crippen LogP contribution in [0.3, 0.4) is 0 Å². The molecular formula is C18H39NO3. The Balaban J connectivity index is 0. The Labute approximate surface area is 138 Å². The molecule has 0 aromatic rings. The largest absolute Gasteiger partial charge is 0.553 e. The van der Waals surface area contributed by atoms with Crippen LogP contribution in [0.1, 0.15) is 77.6 Å². The van der Waals surface area contributed by atoms with Crippen molar-refractivity contribution >= 4 is 6.16 Å². The molecule has 0 fully saturated rings. The lowest BCUT2D eigenvalue weighted by Crippen LogP contribution is -2.35. The lowest BCUT2D eigenvalue weighted by molar-refractivity contribution is -0.870. The van der Waals surface area contributed by atoms with Gasteiger partial charge in [0.05, 0.1) is 27.7 Å². The zero-order valence-electron chi connectivity index (χ0n) is 15.7. The smallest absolute Gasteiger partial charge is 0.251 e. The highest BCUT2D eigenvalue weighted by Gasteiger charge is 2.04. The summed E-state index contributed by atoms with van der Waals surface area (Å²) < 4.78 is 4.68. The number of quaternary nitrogens is 1. The average molecular weight is 318 g/mol. The Bertz CT molecular complexity index is 237. The second-order valence-electron chi connectivity index (χ2n) is 7.00. The highest BCUT2D eigenvalue weighted by Crippen LogP contribution is 2.11. The van der Waals surface area contributed by atoms with Crippen LogP contribution in [0.25, 0.3) is 0 Å². The molecule has 0 aliphatic carbocycles. The highest BCUT2D eigenvalue weighted by molar-refractivity contribution is 5.53. The molecule has 0 bridgehead atoms. The Hall–Kier alpha value is -0.770. The molecule has 0 saturated heterocycles. The van der Waals surface area contributed by atoms with Gasteiger partial charge in [-0.2, -0.15) is 0 Å². The summed E-state index contributed by atoms with van der Waals surface area (Å²) in [4.78, 5) is 9.03. The van der Waals surface area contributed by atoms with Crippen LogP contribution < -0.4 is 5.11 Å². The van der Waals surface area contributed by atoms with Crippen LogP contribution in [0, 0.1) is 0 Å². The van der Waals surface area contributed by atoms with E-state index in [1.54, 1.807) is 0 Å². The van der Waals surface area contributed by atoms with Crippen molar-refractivity contribution in [2.24, 2.45) is 0 Å². The Morgan fingerprint density at radius 2 is 1.14 bits per heavy atom. The van der Waals surface area contributed by atoms with Crippen molar-refractivity contribution in [2.75, 3.05) is 34.8 Å². The topological polar surface area (TPSA) is 49.4 Å². The molecule has 0 aliphatic heterocycles. The summed E-state index contributed by atoms with van der Waals surface area (Å²) in [5, 5.41) is 9.03. The number of carboxylic acid groups (broad SMARTS) is 1. The second kappa shape index (κ2) is 16.6. The second-order valence-corrected chi connectivity index (χ2v) is 7.00. The van der Waals surface area contributed by atoms with E-state index in [1.807, 2.05) is 0 Å². The van der Waals surface area contributed by atoms with Crippen LogP contribution in [0.4, 0.5) is 4.79 Å². The van der Waals surface area contributed by atoms with E-state index < -0.39 is 6.16 Å². The summed E-state index contributed by atoms with van der Waals surface area (Å²) >= 11 is 0. The molecule has 0 unspecified atom stereocenters. The number of unbranched alkanes of at least 4 members (excludes halogenated alkanes) is 10. The predicted octanol–water partition coefficient (Wildman–Crippen LogP) is 3.98. The molecule has 0 saturated carbocycles. The van der Waals surface area contributed by atoms with E-state index in [2.05, 4.69) is 32.8 Å². The lowest BCUT2D eigenvalue weighted by Gasteiger charge is -2.23. The van der Waals surface area contributed by atoms with Crippen LogP contribution in [0.2, 0.25) is 0 Å². The van der Waals surface area contributed by atoms with Gasteiger partial charge in [-0.05, 0) is 12.8 Å². The minimum atomic E-state index is -1.50. The van der Waals surface area contributed by atoms with E-state index in [0.29, 0.717) is 0 Å². The third kappa shape index (κ3) is 27.6. The minimum Gasteiger partial charge on any atom is -0.553 e. The third-order valence-corrected chi connectivity index (χ3v) is 3.60. The molecule has 0 heterocycles. The quantitative estimate of drug-likeness (QED) is 0.311. The Morgan fingerprint density at radius 3 is 1.41 bits per heavy atom. The molecule has 0 aliphatic rings. The maximum absolute atomic E-state index is 9.03. The van der Waals surface area contributed by atoms with Gasteiger partial charge in [-0.1, -0.05) is 64.7 Å². The van der Waals surface area contributed by atoms with E-state index in [1.165, 1.54) is 77.2 Å². The molecule has 4 heteroatoms. The number of carbonyl (C=O) groups excluding carboxylic acids is 1. The van der Waals surface area contributed by atoms with Crippen molar-refractivity contribution < 1.29 is 19.1 Å². The zero-order chi connectivity index (χ0) is 17.3. The van der Waals surface area contributed by atoms with Crippen LogP contribution >= 0.6 is 0 Å². The summed E-state index contributed by atoms with van der Waals surface area (Å²) in [6, 6.07) is 0. The molecule has 0 aromatic heterocycles. The van der Waals surface area contributed by atoms with Crippen molar-refractivity contribution in [2.45, 2.75) is 77.6 Å². The van der Waals surface area contributed by atoms with Gasteiger partial charge in [0.25, 0.3) is 6.16 Å². The van der Waals surface area contributed by atoms with Crippen LogP contribution in [0.15, 0.2) is 0 Å². The van der Waals surface area contributed by atoms with Crippen molar-refractivity contribution in [1.29, 1.82) is 0 Å². The Kier molecular flexibility index (Phi) is 17.7. The standard InChI is InChI=1S/C16H36N.C2H4O3/c1-5-6-7-8-9-10-11-12-13-14-15-16-17(2,3)4;1-5-2(3)4/h5-16H2,1-4H3;1H3,(H,3,4)/q+1;/p-1. The first-order valence-corrected chi connectivity index (χ1v) is 8.89. The fraction of sp³-hybridized carbons (Fsp3) is 0.944. The van der Waals surface area contributed by atoms with Crippen molar-refractivity contribution in [3.8, 4) is 0 Å². The number of nitrogens with zero attached hydrogens (tertiary/aromatic N) is 1. The van der Waals surface area contributed by atoms with Gasteiger partial charge < -0.3 is 19.1 Å². The van der Waals surface area contributed by atoms with E-state index >= 15 is 0 Å². The lowest BCUT2D eigenvalue weighted by atomic mass is 10.1. The molecule has 0 amide bonds. The number of ether oxygens (including phenoxy) is 1. The molecule has 0 rings (SSSR count). The summed E-state index contributed by atoms with van der Waals surface area (Å²) in [5.74, 6) is 0. The SMILES string of the molecule is CCCCCCCCCCCCC[N+](C)(C)C.COC(=O)[O-]. The number of hydrogen-bond acceptors (Lipinski definition) is 3.